The summed E-state index contributed by atoms with van der Waals surface area (Å²) >= 11 is 1.63. The van der Waals surface area contributed by atoms with E-state index >= 15 is 0 Å². The molecule has 0 atom stereocenters. The van der Waals surface area contributed by atoms with Gasteiger partial charge in [0.05, 0.1) is 0 Å². The molecular weight excluding hydrogens is 332 g/mol. The van der Waals surface area contributed by atoms with Gasteiger partial charge in [0.1, 0.15) is 17.3 Å². The maximum atomic E-state index is 11.3. The van der Waals surface area contributed by atoms with E-state index in [1.165, 1.54) is 12.5 Å². The second kappa shape index (κ2) is 7.57. The average Bonchev–Trinajstić information content (AvgIpc) is 2.92. The van der Waals surface area contributed by atoms with Crippen LogP contribution in [0.1, 0.15) is 18.1 Å². The number of hydrogen-bond acceptors (Lipinski definition) is 4. The largest absolute Gasteiger partial charge is 0.461 e. The fraction of sp³-hybridized carbons (Fsp3) is 0.200. The predicted molar refractivity (Wildman–Crippen MR) is 99.4 cm³/mol. The maximum Gasteiger partial charge on any atom is 0.302 e. The third-order valence-corrected chi connectivity index (χ3v) is 5.00. The van der Waals surface area contributed by atoms with Crippen LogP contribution >= 0.6 is 11.8 Å². The predicted octanol–water partition coefficient (Wildman–Crippen LogP) is 4.61. The van der Waals surface area contributed by atoms with Crippen molar-refractivity contribution in [1.82, 2.24) is 9.78 Å². The van der Waals surface area contributed by atoms with Crippen molar-refractivity contribution in [1.29, 1.82) is 0 Å². The molecule has 0 radical (unpaired) electrons. The van der Waals surface area contributed by atoms with E-state index in [9.17, 15) is 4.79 Å². The quantitative estimate of drug-likeness (QED) is 0.629. The number of carbonyl (C=O) groups is 1. The maximum absolute atomic E-state index is 11.3. The molecule has 1 heterocycles. The van der Waals surface area contributed by atoms with E-state index in [2.05, 4.69) is 36.3 Å². The molecule has 25 heavy (non-hydrogen) atoms. The number of carbonyl (C=O) groups excluding carboxylic acids is 1. The molecule has 128 valence electrons. The van der Waals surface area contributed by atoms with Crippen LogP contribution in [0.5, 0.6) is 0 Å². The molecule has 0 saturated carbocycles. The molecule has 0 saturated heterocycles. The molecule has 2 aromatic carbocycles. The van der Waals surface area contributed by atoms with Crippen LogP contribution in [0.3, 0.4) is 0 Å². The van der Waals surface area contributed by atoms with Gasteiger partial charge in [-0.15, -0.1) is 0 Å². The number of rotatable bonds is 5. The highest BCUT2D eigenvalue weighted by molar-refractivity contribution is 7.99. The Morgan fingerprint density at radius 3 is 2.44 bits per heavy atom. The highest BCUT2D eigenvalue weighted by atomic mass is 32.2. The second-order valence-corrected chi connectivity index (χ2v) is 6.88. The summed E-state index contributed by atoms with van der Waals surface area (Å²) in [7, 11) is 1.92. The lowest BCUT2D eigenvalue weighted by Crippen LogP contribution is -2.01. The summed E-state index contributed by atoms with van der Waals surface area (Å²) in [6.45, 7) is 3.70. The van der Waals surface area contributed by atoms with Crippen molar-refractivity contribution in [2.24, 2.45) is 7.05 Å². The third-order valence-electron chi connectivity index (χ3n) is 3.79. The highest BCUT2D eigenvalue weighted by Gasteiger charge is 2.19. The van der Waals surface area contributed by atoms with Crippen LogP contribution < -0.4 is 0 Å². The van der Waals surface area contributed by atoms with E-state index in [0.717, 1.165) is 26.7 Å². The van der Waals surface area contributed by atoms with Gasteiger partial charge in [-0.2, -0.15) is 5.10 Å². The molecule has 0 bridgehead atoms. The van der Waals surface area contributed by atoms with Gasteiger partial charge in [-0.3, -0.25) is 9.48 Å². The van der Waals surface area contributed by atoms with Gasteiger partial charge in [0.2, 0.25) is 0 Å². The van der Waals surface area contributed by atoms with Gasteiger partial charge in [0.25, 0.3) is 0 Å². The summed E-state index contributed by atoms with van der Waals surface area (Å²) in [6.07, 6.45) is 0. The Morgan fingerprint density at radius 1 is 1.12 bits per heavy atom. The zero-order chi connectivity index (χ0) is 17.8. The Balaban J connectivity index is 2.02. The minimum atomic E-state index is -0.297. The van der Waals surface area contributed by atoms with Gasteiger partial charge in [0.15, 0.2) is 0 Å². The van der Waals surface area contributed by atoms with Crippen LogP contribution in [0.15, 0.2) is 64.5 Å². The first-order valence-corrected chi connectivity index (χ1v) is 8.85. The fourth-order valence-electron chi connectivity index (χ4n) is 2.53. The topological polar surface area (TPSA) is 44.1 Å². The van der Waals surface area contributed by atoms with Crippen LogP contribution in [0.25, 0.3) is 11.3 Å². The normalized spacial score (nSPS) is 10.7. The fourth-order valence-corrected chi connectivity index (χ4v) is 3.48. The number of hydrogen-bond donors (Lipinski definition) is 0. The molecule has 0 spiro atoms. The SMILES string of the molecule is CC(=O)OCc1c(-c2ccccc2)nn(C)c1Sc1ccc(C)cc1. The van der Waals surface area contributed by atoms with Crippen molar-refractivity contribution >= 4 is 17.7 Å². The Bertz CT molecular complexity index is 871. The highest BCUT2D eigenvalue weighted by Crippen LogP contribution is 2.36. The molecule has 3 rings (SSSR count). The summed E-state index contributed by atoms with van der Waals surface area (Å²) < 4.78 is 7.15. The van der Waals surface area contributed by atoms with Gasteiger partial charge >= 0.3 is 5.97 Å². The van der Waals surface area contributed by atoms with E-state index in [1.807, 2.05) is 42.1 Å². The minimum absolute atomic E-state index is 0.210. The average molecular weight is 352 g/mol. The van der Waals surface area contributed by atoms with Crippen LogP contribution in [0, 0.1) is 6.92 Å². The van der Waals surface area contributed by atoms with Gasteiger partial charge in [-0.25, -0.2) is 0 Å². The van der Waals surface area contributed by atoms with Crippen molar-refractivity contribution in [3.8, 4) is 11.3 Å². The number of aromatic nitrogens is 2. The number of nitrogens with zero attached hydrogens (tertiary/aromatic N) is 2. The van der Waals surface area contributed by atoms with Crippen LogP contribution in [0.4, 0.5) is 0 Å². The Labute approximate surface area is 151 Å². The van der Waals surface area contributed by atoms with Gasteiger partial charge < -0.3 is 4.74 Å². The summed E-state index contributed by atoms with van der Waals surface area (Å²) in [5.41, 5.74) is 4.00. The Kier molecular flexibility index (Phi) is 5.24. The number of benzene rings is 2. The Hall–Kier alpha value is -2.53. The van der Waals surface area contributed by atoms with E-state index < -0.39 is 0 Å². The third kappa shape index (κ3) is 4.12. The van der Waals surface area contributed by atoms with Crippen LogP contribution in [0.2, 0.25) is 0 Å². The van der Waals surface area contributed by atoms with E-state index in [0.29, 0.717) is 0 Å². The van der Waals surface area contributed by atoms with Crippen LogP contribution in [-0.4, -0.2) is 15.7 Å². The lowest BCUT2D eigenvalue weighted by molar-refractivity contribution is -0.142. The molecule has 0 N–H and O–H groups in total. The monoisotopic (exact) mass is 352 g/mol. The molecule has 1 aromatic heterocycles. The Morgan fingerprint density at radius 2 is 1.80 bits per heavy atom. The van der Waals surface area contributed by atoms with Crippen molar-refractivity contribution in [3.05, 3.63) is 65.7 Å². The smallest absolute Gasteiger partial charge is 0.302 e. The molecule has 0 unspecified atom stereocenters. The summed E-state index contributed by atoms with van der Waals surface area (Å²) in [5, 5.41) is 5.65. The molecule has 3 aromatic rings. The van der Waals surface area contributed by atoms with Gasteiger partial charge in [0, 0.05) is 30.0 Å². The summed E-state index contributed by atoms with van der Waals surface area (Å²) in [4.78, 5) is 12.4. The first kappa shape index (κ1) is 17.3. The molecule has 0 aliphatic rings. The number of esters is 1. The molecule has 0 amide bonds. The van der Waals surface area contributed by atoms with E-state index in [4.69, 9.17) is 4.74 Å². The molecule has 0 fully saturated rings. The summed E-state index contributed by atoms with van der Waals surface area (Å²) in [5.74, 6) is -0.297. The first-order valence-electron chi connectivity index (χ1n) is 8.04. The number of ether oxygens (including phenoxy) is 1. The van der Waals surface area contributed by atoms with Gasteiger partial charge in [-0.1, -0.05) is 59.8 Å². The molecule has 4 nitrogen and oxygen atoms in total. The second-order valence-electron chi connectivity index (χ2n) is 5.82. The number of aryl methyl sites for hydroxylation is 2. The van der Waals surface area contributed by atoms with E-state index in [-0.39, 0.29) is 12.6 Å². The molecule has 0 aliphatic heterocycles. The van der Waals surface area contributed by atoms with Crippen molar-refractivity contribution in [2.45, 2.75) is 30.4 Å². The lowest BCUT2D eigenvalue weighted by Gasteiger charge is -2.08. The van der Waals surface area contributed by atoms with Crippen molar-refractivity contribution in [3.63, 3.8) is 0 Å². The van der Waals surface area contributed by atoms with Gasteiger partial charge in [-0.05, 0) is 19.1 Å². The van der Waals surface area contributed by atoms with Crippen LogP contribution in [-0.2, 0) is 23.2 Å². The molecule has 0 aliphatic carbocycles. The summed E-state index contributed by atoms with van der Waals surface area (Å²) in [6, 6.07) is 18.3. The zero-order valence-electron chi connectivity index (χ0n) is 14.5. The van der Waals surface area contributed by atoms with E-state index in [1.54, 1.807) is 11.8 Å². The standard InChI is InChI=1S/C20H20N2O2S/c1-14-9-11-17(12-10-14)25-20-18(13-24-15(2)23)19(21-22(20)3)16-7-5-4-6-8-16/h4-12H,13H2,1-3H3. The van der Waals surface area contributed by atoms with Crippen molar-refractivity contribution in [2.75, 3.05) is 0 Å². The first-order chi connectivity index (χ1) is 12.0. The molecule has 5 heteroatoms. The molecular formula is C20H20N2O2S. The zero-order valence-corrected chi connectivity index (χ0v) is 15.3. The minimum Gasteiger partial charge on any atom is -0.461 e. The lowest BCUT2D eigenvalue weighted by atomic mass is 10.1. The van der Waals surface area contributed by atoms with Crippen molar-refractivity contribution < 1.29 is 9.53 Å².